The number of nitrogens with zero attached hydrogens (tertiary/aromatic N) is 1. The van der Waals surface area contributed by atoms with Gasteiger partial charge in [-0.25, -0.2) is 8.42 Å². The van der Waals surface area contributed by atoms with Crippen LogP contribution in [0.3, 0.4) is 0 Å². The van der Waals surface area contributed by atoms with Crippen LogP contribution in [-0.2, 0) is 34.2 Å². The largest absolute Gasteiger partial charge is 0.573 e. The van der Waals surface area contributed by atoms with Crippen LogP contribution in [0.15, 0.2) is 47.4 Å². The van der Waals surface area contributed by atoms with Crippen molar-refractivity contribution in [2.75, 3.05) is 13.1 Å². The molecule has 0 bridgehead atoms. The molecular formula is C23H25F3N2O4S. The van der Waals surface area contributed by atoms with Crippen molar-refractivity contribution in [1.82, 2.24) is 9.62 Å². The fraction of sp³-hybridized carbons (Fsp3) is 0.435. The molecule has 0 saturated carbocycles. The quantitative estimate of drug-likeness (QED) is 0.680. The Labute approximate surface area is 190 Å². The molecule has 1 aliphatic carbocycles. The van der Waals surface area contributed by atoms with E-state index in [-0.39, 0.29) is 37.2 Å². The van der Waals surface area contributed by atoms with E-state index >= 15 is 0 Å². The van der Waals surface area contributed by atoms with Gasteiger partial charge in [-0.3, -0.25) is 4.79 Å². The molecule has 0 aromatic heterocycles. The predicted octanol–water partition coefficient (Wildman–Crippen LogP) is 3.79. The summed E-state index contributed by atoms with van der Waals surface area (Å²) in [6.07, 6.45) is -0.993. The fourth-order valence-electron chi connectivity index (χ4n) is 4.36. The lowest BCUT2D eigenvalue weighted by atomic mass is 9.97. The standard InChI is InChI=1S/C23H25F3N2O4S/c24-23(25,26)32-20-7-4-16(5-8-20)15-27-22(29)18-10-12-28(13-11-18)33(30,31)21-9-6-17-2-1-3-19(17)14-21/h4-9,14,18H,1-3,10-13,15H2,(H,27,29). The number of sulfonamides is 1. The maximum absolute atomic E-state index is 13.0. The van der Waals surface area contributed by atoms with E-state index in [1.54, 1.807) is 12.1 Å². The summed E-state index contributed by atoms with van der Waals surface area (Å²) in [5, 5.41) is 2.78. The van der Waals surface area contributed by atoms with Gasteiger partial charge in [-0.1, -0.05) is 18.2 Å². The molecule has 0 unspecified atom stereocenters. The molecule has 2 aromatic carbocycles. The number of alkyl halides is 3. The van der Waals surface area contributed by atoms with E-state index in [2.05, 4.69) is 10.1 Å². The summed E-state index contributed by atoms with van der Waals surface area (Å²) in [4.78, 5) is 12.8. The zero-order valence-electron chi connectivity index (χ0n) is 17.9. The van der Waals surface area contributed by atoms with E-state index in [0.717, 1.165) is 24.8 Å². The van der Waals surface area contributed by atoms with Crippen LogP contribution >= 0.6 is 0 Å². The van der Waals surface area contributed by atoms with E-state index < -0.39 is 16.4 Å². The lowest BCUT2D eigenvalue weighted by Gasteiger charge is -2.30. The van der Waals surface area contributed by atoms with Gasteiger partial charge in [0.15, 0.2) is 0 Å². The first kappa shape index (κ1) is 23.6. The van der Waals surface area contributed by atoms with Crippen molar-refractivity contribution < 1.29 is 31.1 Å². The number of piperidine rings is 1. The highest BCUT2D eigenvalue weighted by Gasteiger charge is 2.33. The summed E-state index contributed by atoms with van der Waals surface area (Å²) < 4.78 is 68.0. The first-order valence-corrected chi connectivity index (χ1v) is 12.3. The third-order valence-electron chi connectivity index (χ3n) is 6.16. The Morgan fingerprint density at radius 1 is 1.03 bits per heavy atom. The van der Waals surface area contributed by atoms with Crippen LogP contribution in [0.1, 0.15) is 36.0 Å². The molecule has 1 amide bonds. The maximum atomic E-state index is 13.0. The van der Waals surface area contributed by atoms with Crippen molar-refractivity contribution >= 4 is 15.9 Å². The second kappa shape index (κ2) is 9.34. The van der Waals surface area contributed by atoms with Crippen molar-refractivity contribution in [3.8, 4) is 5.75 Å². The highest BCUT2D eigenvalue weighted by molar-refractivity contribution is 7.89. The number of hydrogen-bond acceptors (Lipinski definition) is 4. The first-order chi connectivity index (χ1) is 15.6. The van der Waals surface area contributed by atoms with Crippen molar-refractivity contribution in [1.29, 1.82) is 0 Å². The van der Waals surface area contributed by atoms with Gasteiger partial charge in [0, 0.05) is 25.6 Å². The van der Waals surface area contributed by atoms with E-state index in [4.69, 9.17) is 0 Å². The molecule has 4 rings (SSSR count). The molecule has 10 heteroatoms. The van der Waals surface area contributed by atoms with Gasteiger partial charge in [-0.05, 0) is 73.1 Å². The molecule has 2 aliphatic rings. The third kappa shape index (κ3) is 5.67. The van der Waals surface area contributed by atoms with Gasteiger partial charge in [0.2, 0.25) is 15.9 Å². The van der Waals surface area contributed by atoms with Crippen LogP contribution < -0.4 is 10.1 Å². The van der Waals surface area contributed by atoms with E-state index in [0.29, 0.717) is 23.3 Å². The normalized spacial score (nSPS) is 17.5. The fourth-order valence-corrected chi connectivity index (χ4v) is 5.88. The van der Waals surface area contributed by atoms with Gasteiger partial charge in [0.05, 0.1) is 4.90 Å². The minimum atomic E-state index is -4.75. The number of carbonyl (C=O) groups is 1. The van der Waals surface area contributed by atoms with Gasteiger partial charge in [0.1, 0.15) is 5.75 Å². The highest BCUT2D eigenvalue weighted by atomic mass is 32.2. The predicted molar refractivity (Wildman–Crippen MR) is 115 cm³/mol. The van der Waals surface area contributed by atoms with E-state index in [9.17, 15) is 26.4 Å². The van der Waals surface area contributed by atoms with Crippen molar-refractivity contribution in [2.45, 2.75) is 49.9 Å². The van der Waals surface area contributed by atoms with Gasteiger partial charge in [0.25, 0.3) is 0 Å². The number of ether oxygens (including phenoxy) is 1. The Bertz CT molecular complexity index is 1110. The van der Waals surface area contributed by atoms with Crippen molar-refractivity contribution in [3.05, 3.63) is 59.2 Å². The molecule has 2 aromatic rings. The topological polar surface area (TPSA) is 75.7 Å². The molecule has 1 aliphatic heterocycles. The molecule has 0 radical (unpaired) electrons. The average molecular weight is 483 g/mol. The molecule has 6 nitrogen and oxygen atoms in total. The summed E-state index contributed by atoms with van der Waals surface area (Å²) in [5.74, 6) is -0.834. The lowest BCUT2D eigenvalue weighted by Crippen LogP contribution is -2.42. The Balaban J connectivity index is 1.28. The maximum Gasteiger partial charge on any atom is 0.573 e. The SMILES string of the molecule is O=C(NCc1ccc(OC(F)(F)F)cc1)C1CCN(S(=O)(=O)c2ccc3c(c2)CCC3)CC1. The summed E-state index contributed by atoms with van der Waals surface area (Å²) in [7, 11) is -3.60. The number of benzene rings is 2. The third-order valence-corrected chi connectivity index (χ3v) is 8.05. The van der Waals surface area contributed by atoms with Gasteiger partial charge >= 0.3 is 6.36 Å². The van der Waals surface area contributed by atoms with Crippen LogP contribution in [0.2, 0.25) is 0 Å². The second-order valence-corrected chi connectivity index (χ2v) is 10.3. The number of amides is 1. The number of fused-ring (bicyclic) bond motifs is 1. The number of aryl methyl sites for hydroxylation is 2. The Morgan fingerprint density at radius 2 is 1.70 bits per heavy atom. The number of rotatable bonds is 6. The molecule has 0 spiro atoms. The number of carbonyl (C=O) groups excluding carboxylic acids is 1. The summed E-state index contributed by atoms with van der Waals surface area (Å²) in [5.41, 5.74) is 2.95. The molecule has 1 heterocycles. The van der Waals surface area contributed by atoms with Crippen LogP contribution in [-0.4, -0.2) is 38.1 Å². The lowest BCUT2D eigenvalue weighted by molar-refractivity contribution is -0.274. The van der Waals surface area contributed by atoms with Crippen molar-refractivity contribution in [3.63, 3.8) is 0 Å². The zero-order valence-corrected chi connectivity index (χ0v) is 18.7. The Hall–Kier alpha value is -2.59. The van der Waals surface area contributed by atoms with Crippen LogP contribution in [0, 0.1) is 5.92 Å². The first-order valence-electron chi connectivity index (χ1n) is 10.9. The number of nitrogens with one attached hydrogen (secondary N) is 1. The minimum absolute atomic E-state index is 0.165. The number of hydrogen-bond donors (Lipinski definition) is 1. The molecule has 33 heavy (non-hydrogen) atoms. The number of halogens is 3. The molecule has 0 atom stereocenters. The Morgan fingerprint density at radius 3 is 2.36 bits per heavy atom. The van der Waals surface area contributed by atoms with Crippen LogP contribution in [0.25, 0.3) is 0 Å². The summed E-state index contributed by atoms with van der Waals surface area (Å²) >= 11 is 0. The zero-order chi connectivity index (χ0) is 23.6. The highest BCUT2D eigenvalue weighted by Crippen LogP contribution is 2.29. The second-order valence-electron chi connectivity index (χ2n) is 8.37. The van der Waals surface area contributed by atoms with E-state index in [1.165, 1.54) is 34.1 Å². The molecular weight excluding hydrogens is 457 g/mol. The van der Waals surface area contributed by atoms with Gasteiger partial charge < -0.3 is 10.1 Å². The minimum Gasteiger partial charge on any atom is -0.406 e. The molecule has 178 valence electrons. The molecule has 1 fully saturated rings. The Kier molecular flexibility index (Phi) is 6.67. The van der Waals surface area contributed by atoms with Gasteiger partial charge in [-0.15, -0.1) is 13.2 Å². The van der Waals surface area contributed by atoms with Crippen LogP contribution in [0.5, 0.6) is 5.75 Å². The van der Waals surface area contributed by atoms with Gasteiger partial charge in [-0.2, -0.15) is 4.31 Å². The monoisotopic (exact) mass is 482 g/mol. The molecule has 1 N–H and O–H groups in total. The van der Waals surface area contributed by atoms with Crippen molar-refractivity contribution in [2.24, 2.45) is 5.92 Å². The smallest absolute Gasteiger partial charge is 0.406 e. The van der Waals surface area contributed by atoms with E-state index in [1.807, 2.05) is 6.07 Å². The summed E-state index contributed by atoms with van der Waals surface area (Å²) in [6, 6.07) is 10.6. The summed E-state index contributed by atoms with van der Waals surface area (Å²) in [6.45, 7) is 0.695. The molecule has 1 saturated heterocycles. The average Bonchev–Trinajstić information content (AvgIpc) is 3.25. The van der Waals surface area contributed by atoms with Crippen LogP contribution in [0.4, 0.5) is 13.2 Å².